The second-order valence-corrected chi connectivity index (χ2v) is 6.81. The summed E-state index contributed by atoms with van der Waals surface area (Å²) >= 11 is 11.9. The fourth-order valence-electron chi connectivity index (χ4n) is 1.90. The Bertz CT molecular complexity index is 748. The molecule has 21 heavy (non-hydrogen) atoms. The van der Waals surface area contributed by atoms with Crippen molar-refractivity contribution in [1.82, 2.24) is 0 Å². The largest absolute Gasteiger partial charge is 0.267 e. The molecular formula is C14H12Cl2FNO2S. The number of benzene rings is 2. The van der Waals surface area contributed by atoms with Crippen LogP contribution in [-0.2, 0) is 10.0 Å². The molecule has 0 aromatic heterocycles. The molecule has 2 rings (SSSR count). The fourth-order valence-corrected chi connectivity index (χ4v) is 4.11. The van der Waals surface area contributed by atoms with Crippen LogP contribution in [0.15, 0.2) is 47.4 Å². The Morgan fingerprint density at radius 1 is 1.10 bits per heavy atom. The molecule has 0 heterocycles. The maximum Gasteiger partial charge on any atom is 0.265 e. The summed E-state index contributed by atoms with van der Waals surface area (Å²) in [6, 6.07) is 9.61. The highest BCUT2D eigenvalue weighted by atomic mass is 35.5. The number of hydrogen-bond acceptors (Lipinski definition) is 2. The van der Waals surface area contributed by atoms with Gasteiger partial charge in [-0.15, -0.1) is 0 Å². The Morgan fingerprint density at radius 3 is 2.29 bits per heavy atom. The normalized spacial score (nSPS) is 11.4. The van der Waals surface area contributed by atoms with Crippen molar-refractivity contribution in [1.29, 1.82) is 0 Å². The van der Waals surface area contributed by atoms with Crippen LogP contribution in [0.5, 0.6) is 0 Å². The van der Waals surface area contributed by atoms with Crippen molar-refractivity contribution in [2.45, 2.75) is 11.8 Å². The van der Waals surface area contributed by atoms with Gasteiger partial charge in [-0.05, 0) is 43.3 Å². The molecule has 0 atom stereocenters. The molecule has 2 aromatic rings. The smallest absolute Gasteiger partial charge is 0.265 e. The molecule has 0 N–H and O–H groups in total. The zero-order valence-electron chi connectivity index (χ0n) is 11.1. The number of sulfonamides is 1. The van der Waals surface area contributed by atoms with Crippen molar-refractivity contribution < 1.29 is 12.8 Å². The standard InChI is InChI=1S/C14H12Cl2FNO2S/c1-2-18(11-8-6-10(17)7-9-11)21(19,20)13-5-3-4-12(15)14(13)16/h3-9H,2H2,1H3. The van der Waals surface area contributed by atoms with Crippen molar-refractivity contribution in [3.8, 4) is 0 Å². The molecule has 0 radical (unpaired) electrons. The quantitative estimate of drug-likeness (QED) is 0.824. The molecule has 0 bridgehead atoms. The summed E-state index contributed by atoms with van der Waals surface area (Å²) < 4.78 is 39.5. The lowest BCUT2D eigenvalue weighted by Crippen LogP contribution is -2.31. The maximum absolute atomic E-state index is 13.0. The molecule has 3 nitrogen and oxygen atoms in total. The molecule has 7 heteroatoms. The van der Waals surface area contributed by atoms with Crippen LogP contribution < -0.4 is 4.31 Å². The van der Waals surface area contributed by atoms with E-state index < -0.39 is 15.8 Å². The van der Waals surface area contributed by atoms with E-state index in [4.69, 9.17) is 23.2 Å². The van der Waals surface area contributed by atoms with E-state index in [0.29, 0.717) is 5.69 Å². The van der Waals surface area contributed by atoms with Crippen LogP contribution in [0, 0.1) is 5.82 Å². The zero-order valence-corrected chi connectivity index (χ0v) is 13.4. The molecule has 0 unspecified atom stereocenters. The van der Waals surface area contributed by atoms with E-state index in [-0.39, 0.29) is 21.5 Å². The highest BCUT2D eigenvalue weighted by molar-refractivity contribution is 7.93. The molecule has 0 aliphatic carbocycles. The first-order valence-electron chi connectivity index (χ1n) is 6.10. The van der Waals surface area contributed by atoms with Gasteiger partial charge in [0.15, 0.2) is 0 Å². The van der Waals surface area contributed by atoms with Gasteiger partial charge in [-0.3, -0.25) is 4.31 Å². The average molecular weight is 348 g/mol. The van der Waals surface area contributed by atoms with E-state index in [0.717, 1.165) is 4.31 Å². The van der Waals surface area contributed by atoms with Gasteiger partial charge in [0, 0.05) is 6.54 Å². The summed E-state index contributed by atoms with van der Waals surface area (Å²) in [6.07, 6.45) is 0. The van der Waals surface area contributed by atoms with Crippen LogP contribution in [-0.4, -0.2) is 15.0 Å². The number of hydrogen-bond donors (Lipinski definition) is 0. The van der Waals surface area contributed by atoms with Crippen LogP contribution >= 0.6 is 23.2 Å². The maximum atomic E-state index is 13.0. The summed E-state index contributed by atoms with van der Waals surface area (Å²) in [5, 5.41) is 0.132. The molecule has 0 saturated heterocycles. The Morgan fingerprint density at radius 2 is 1.71 bits per heavy atom. The van der Waals surface area contributed by atoms with Crippen molar-refractivity contribution in [3.05, 3.63) is 58.3 Å². The van der Waals surface area contributed by atoms with Crippen molar-refractivity contribution >= 4 is 38.9 Å². The summed E-state index contributed by atoms with van der Waals surface area (Å²) in [4.78, 5) is -0.0807. The molecule has 112 valence electrons. The molecule has 0 spiro atoms. The van der Waals surface area contributed by atoms with Gasteiger partial charge < -0.3 is 0 Å². The highest BCUT2D eigenvalue weighted by Crippen LogP contribution is 2.32. The van der Waals surface area contributed by atoms with Gasteiger partial charge >= 0.3 is 0 Å². The number of halogens is 3. The van der Waals surface area contributed by atoms with E-state index in [1.54, 1.807) is 6.92 Å². The third-order valence-electron chi connectivity index (χ3n) is 2.89. The molecular weight excluding hydrogens is 336 g/mol. The van der Waals surface area contributed by atoms with Crippen LogP contribution in [0.1, 0.15) is 6.92 Å². The topological polar surface area (TPSA) is 37.4 Å². The highest BCUT2D eigenvalue weighted by Gasteiger charge is 2.26. The van der Waals surface area contributed by atoms with E-state index in [2.05, 4.69) is 0 Å². The van der Waals surface area contributed by atoms with E-state index in [1.807, 2.05) is 0 Å². The third kappa shape index (κ3) is 3.15. The monoisotopic (exact) mass is 347 g/mol. The van der Waals surface area contributed by atoms with E-state index in [1.165, 1.54) is 42.5 Å². The van der Waals surface area contributed by atoms with Crippen molar-refractivity contribution in [2.24, 2.45) is 0 Å². The molecule has 0 aliphatic rings. The minimum absolute atomic E-state index is 0.0280. The van der Waals surface area contributed by atoms with E-state index >= 15 is 0 Å². The van der Waals surface area contributed by atoms with Gasteiger partial charge in [0.1, 0.15) is 10.7 Å². The predicted molar refractivity (Wildman–Crippen MR) is 83.1 cm³/mol. The van der Waals surface area contributed by atoms with Crippen LogP contribution in [0.2, 0.25) is 10.0 Å². The second-order valence-electron chi connectivity index (χ2n) is 4.20. The zero-order chi connectivity index (χ0) is 15.6. The summed E-state index contributed by atoms with van der Waals surface area (Å²) in [5.41, 5.74) is 0.356. The Balaban J connectivity index is 2.55. The van der Waals surface area contributed by atoms with Crippen molar-refractivity contribution in [3.63, 3.8) is 0 Å². The predicted octanol–water partition coefficient (Wildman–Crippen LogP) is 4.35. The SMILES string of the molecule is CCN(c1ccc(F)cc1)S(=O)(=O)c1cccc(Cl)c1Cl. The lowest BCUT2D eigenvalue weighted by Gasteiger charge is -2.23. The minimum Gasteiger partial charge on any atom is -0.267 e. The minimum atomic E-state index is -3.88. The average Bonchev–Trinajstić information content (AvgIpc) is 2.44. The van der Waals surface area contributed by atoms with Gasteiger partial charge in [-0.25, -0.2) is 12.8 Å². The van der Waals surface area contributed by atoms with Gasteiger partial charge in [0.2, 0.25) is 0 Å². The molecule has 0 saturated carbocycles. The van der Waals surface area contributed by atoms with Gasteiger partial charge in [-0.2, -0.15) is 0 Å². The molecule has 0 fully saturated rings. The summed E-state index contributed by atoms with van der Waals surface area (Å²) in [6.45, 7) is 1.86. The third-order valence-corrected chi connectivity index (χ3v) is 5.76. The number of rotatable bonds is 4. The van der Waals surface area contributed by atoms with Crippen LogP contribution in [0.3, 0.4) is 0 Å². The Hall–Kier alpha value is -1.30. The van der Waals surface area contributed by atoms with Crippen molar-refractivity contribution in [2.75, 3.05) is 10.8 Å². The lowest BCUT2D eigenvalue weighted by molar-refractivity contribution is 0.591. The van der Waals surface area contributed by atoms with E-state index in [9.17, 15) is 12.8 Å². The second kappa shape index (κ2) is 6.22. The summed E-state index contributed by atoms with van der Waals surface area (Å²) in [7, 11) is -3.88. The van der Waals surface area contributed by atoms with Gasteiger partial charge in [-0.1, -0.05) is 29.3 Å². The van der Waals surface area contributed by atoms with Gasteiger partial charge in [0.05, 0.1) is 15.7 Å². The molecule has 2 aromatic carbocycles. The first kappa shape index (κ1) is 16.1. The molecule has 0 amide bonds. The number of nitrogens with zero attached hydrogens (tertiary/aromatic N) is 1. The first-order chi connectivity index (χ1) is 9.87. The van der Waals surface area contributed by atoms with Crippen LogP contribution in [0.25, 0.3) is 0 Å². The lowest BCUT2D eigenvalue weighted by atomic mass is 10.3. The Kier molecular flexibility index (Phi) is 4.76. The van der Waals surface area contributed by atoms with Crippen LogP contribution in [0.4, 0.5) is 10.1 Å². The fraction of sp³-hybridized carbons (Fsp3) is 0.143. The first-order valence-corrected chi connectivity index (χ1v) is 8.30. The Labute approximate surface area is 133 Å². The summed E-state index contributed by atoms with van der Waals surface area (Å²) in [5.74, 6) is -0.437. The molecule has 0 aliphatic heterocycles. The van der Waals surface area contributed by atoms with Gasteiger partial charge in [0.25, 0.3) is 10.0 Å². The number of anilines is 1.